The van der Waals surface area contributed by atoms with Crippen LogP contribution in [0.25, 0.3) is 21.7 Å². The second-order valence-electron chi connectivity index (χ2n) is 4.61. The van der Waals surface area contributed by atoms with E-state index in [0.29, 0.717) is 27.7 Å². The Kier molecular flexibility index (Phi) is 2.29. The first kappa shape index (κ1) is 11.9. The first-order valence-electron chi connectivity index (χ1n) is 6.26. The maximum atomic E-state index is 12.2. The molecule has 6 heteroatoms. The third-order valence-corrected chi connectivity index (χ3v) is 3.52. The largest absolute Gasteiger partial charge is 0.504 e. The van der Waals surface area contributed by atoms with Crippen LogP contribution in [0.4, 0.5) is 0 Å². The Morgan fingerprint density at radius 3 is 2.76 bits per heavy atom. The lowest BCUT2D eigenvalue weighted by molar-refractivity contribution is 0.175. The molecule has 0 saturated heterocycles. The summed E-state index contributed by atoms with van der Waals surface area (Å²) in [6, 6.07) is 6.44. The summed E-state index contributed by atoms with van der Waals surface area (Å²) in [5, 5.41) is 11.4. The third kappa shape index (κ3) is 1.50. The highest BCUT2D eigenvalue weighted by Gasteiger charge is 2.23. The van der Waals surface area contributed by atoms with Gasteiger partial charge in [-0.1, -0.05) is 0 Å². The molecule has 3 aromatic rings. The van der Waals surface area contributed by atoms with E-state index in [1.165, 1.54) is 13.2 Å². The number of hydrogen-bond acceptors (Lipinski definition) is 6. The predicted octanol–water partition coefficient (Wildman–Crippen LogP) is 2.39. The van der Waals surface area contributed by atoms with E-state index >= 15 is 0 Å². The van der Waals surface area contributed by atoms with Crippen molar-refractivity contribution in [2.24, 2.45) is 0 Å². The maximum Gasteiger partial charge on any atom is 0.344 e. The van der Waals surface area contributed by atoms with Crippen LogP contribution in [-0.2, 0) is 0 Å². The van der Waals surface area contributed by atoms with Crippen molar-refractivity contribution in [1.82, 2.24) is 0 Å². The van der Waals surface area contributed by atoms with E-state index in [1.54, 1.807) is 18.2 Å². The zero-order valence-corrected chi connectivity index (χ0v) is 11.0. The van der Waals surface area contributed by atoms with Crippen LogP contribution in [0.1, 0.15) is 0 Å². The summed E-state index contributed by atoms with van der Waals surface area (Å²) in [5.74, 6) is 1.08. The summed E-state index contributed by atoms with van der Waals surface area (Å²) in [6.45, 7) is 0.103. The number of fused-ring (bicyclic) bond motifs is 5. The molecule has 0 radical (unpaired) electrons. The van der Waals surface area contributed by atoms with Gasteiger partial charge in [0.25, 0.3) is 0 Å². The smallest absolute Gasteiger partial charge is 0.344 e. The average Bonchev–Trinajstić information content (AvgIpc) is 2.95. The summed E-state index contributed by atoms with van der Waals surface area (Å²) >= 11 is 0. The monoisotopic (exact) mass is 286 g/mol. The fraction of sp³-hybridized carbons (Fsp3) is 0.133. The highest BCUT2D eigenvalue weighted by Crippen LogP contribution is 2.44. The van der Waals surface area contributed by atoms with Gasteiger partial charge in [0.2, 0.25) is 12.5 Å². The van der Waals surface area contributed by atoms with Gasteiger partial charge in [-0.05, 0) is 24.3 Å². The topological polar surface area (TPSA) is 78.1 Å². The standard InChI is InChI=1S/C15H10O6/c1-18-13-9(16)4-2-7-11-8(15(17)21-12(7)13)3-5-10-14(11)20-6-19-10/h2-5,16H,6H2,1H3. The molecule has 1 aliphatic rings. The molecule has 0 unspecified atom stereocenters. The molecular formula is C15H10O6. The Hall–Kier alpha value is -2.89. The van der Waals surface area contributed by atoms with E-state index in [1.807, 2.05) is 0 Å². The second kappa shape index (κ2) is 4.05. The summed E-state index contributed by atoms with van der Waals surface area (Å²) in [5.41, 5.74) is -0.349. The molecule has 106 valence electrons. The van der Waals surface area contributed by atoms with Crippen molar-refractivity contribution in [3.63, 3.8) is 0 Å². The van der Waals surface area contributed by atoms with Gasteiger partial charge in [0, 0.05) is 10.8 Å². The molecule has 0 atom stereocenters. The Bertz CT molecular complexity index is 940. The third-order valence-electron chi connectivity index (χ3n) is 3.52. The molecule has 1 aliphatic heterocycles. The quantitative estimate of drug-likeness (QED) is 0.546. The molecule has 21 heavy (non-hydrogen) atoms. The summed E-state index contributed by atoms with van der Waals surface area (Å²) < 4.78 is 21.2. The van der Waals surface area contributed by atoms with Crippen molar-refractivity contribution in [2.45, 2.75) is 0 Å². The fourth-order valence-corrected chi connectivity index (χ4v) is 2.61. The predicted molar refractivity (Wildman–Crippen MR) is 74.3 cm³/mol. The normalized spacial score (nSPS) is 13.0. The Labute approximate surface area is 118 Å². The second-order valence-corrected chi connectivity index (χ2v) is 4.61. The molecule has 0 saturated carbocycles. The molecule has 2 aromatic carbocycles. The van der Waals surface area contributed by atoms with Gasteiger partial charge in [0.1, 0.15) is 0 Å². The number of phenols is 1. The van der Waals surface area contributed by atoms with E-state index in [0.717, 1.165) is 0 Å². The van der Waals surface area contributed by atoms with Crippen LogP contribution in [0.3, 0.4) is 0 Å². The summed E-state index contributed by atoms with van der Waals surface area (Å²) in [6.07, 6.45) is 0. The van der Waals surface area contributed by atoms with Gasteiger partial charge in [0.05, 0.1) is 12.5 Å². The molecular weight excluding hydrogens is 276 g/mol. The molecule has 0 amide bonds. The number of hydrogen-bond donors (Lipinski definition) is 1. The molecule has 0 aliphatic carbocycles. The van der Waals surface area contributed by atoms with Crippen LogP contribution in [0.5, 0.6) is 23.0 Å². The molecule has 0 spiro atoms. The van der Waals surface area contributed by atoms with E-state index in [9.17, 15) is 9.90 Å². The number of benzene rings is 2. The zero-order chi connectivity index (χ0) is 14.6. The zero-order valence-electron chi connectivity index (χ0n) is 11.0. The van der Waals surface area contributed by atoms with Gasteiger partial charge < -0.3 is 23.7 Å². The van der Waals surface area contributed by atoms with Crippen molar-refractivity contribution in [1.29, 1.82) is 0 Å². The Morgan fingerprint density at radius 1 is 1.14 bits per heavy atom. The molecule has 2 heterocycles. The van der Waals surface area contributed by atoms with Gasteiger partial charge in [-0.25, -0.2) is 4.79 Å². The SMILES string of the molecule is COc1c(O)ccc2c1oc(=O)c1ccc3c(c12)OCO3. The number of phenolic OH excluding ortho intramolecular Hbond substituents is 1. The lowest BCUT2D eigenvalue weighted by Crippen LogP contribution is -2.01. The van der Waals surface area contributed by atoms with Crippen LogP contribution in [0.2, 0.25) is 0 Å². The van der Waals surface area contributed by atoms with Gasteiger partial charge in [-0.2, -0.15) is 0 Å². The Morgan fingerprint density at radius 2 is 1.95 bits per heavy atom. The van der Waals surface area contributed by atoms with Gasteiger partial charge in [-0.3, -0.25) is 0 Å². The minimum Gasteiger partial charge on any atom is -0.504 e. The van der Waals surface area contributed by atoms with Crippen molar-refractivity contribution in [3.05, 3.63) is 34.7 Å². The van der Waals surface area contributed by atoms with Gasteiger partial charge in [-0.15, -0.1) is 0 Å². The number of methoxy groups -OCH3 is 1. The minimum absolute atomic E-state index is 0.0998. The van der Waals surface area contributed by atoms with E-state index < -0.39 is 5.63 Å². The first-order chi connectivity index (χ1) is 10.2. The highest BCUT2D eigenvalue weighted by atomic mass is 16.7. The first-order valence-corrected chi connectivity index (χ1v) is 6.26. The van der Waals surface area contributed by atoms with Crippen molar-refractivity contribution in [3.8, 4) is 23.0 Å². The molecule has 6 nitrogen and oxygen atoms in total. The lowest BCUT2D eigenvalue weighted by Gasteiger charge is -2.09. The molecule has 1 N–H and O–H groups in total. The van der Waals surface area contributed by atoms with E-state index in [-0.39, 0.29) is 23.9 Å². The molecule has 1 aromatic heterocycles. The summed E-state index contributed by atoms with van der Waals surface area (Å²) in [7, 11) is 1.40. The molecule has 0 fully saturated rings. The van der Waals surface area contributed by atoms with Crippen LogP contribution >= 0.6 is 0 Å². The van der Waals surface area contributed by atoms with Gasteiger partial charge in [0.15, 0.2) is 22.8 Å². The highest BCUT2D eigenvalue weighted by molar-refractivity contribution is 6.10. The summed E-state index contributed by atoms with van der Waals surface area (Å²) in [4.78, 5) is 12.2. The lowest BCUT2D eigenvalue weighted by atomic mass is 10.1. The van der Waals surface area contributed by atoms with E-state index in [4.69, 9.17) is 18.6 Å². The number of rotatable bonds is 1. The van der Waals surface area contributed by atoms with Crippen molar-refractivity contribution >= 4 is 21.7 Å². The minimum atomic E-state index is -0.528. The fourth-order valence-electron chi connectivity index (χ4n) is 2.61. The van der Waals surface area contributed by atoms with Crippen LogP contribution in [0.15, 0.2) is 33.5 Å². The van der Waals surface area contributed by atoms with Crippen LogP contribution in [-0.4, -0.2) is 19.0 Å². The van der Waals surface area contributed by atoms with Gasteiger partial charge >= 0.3 is 5.63 Å². The van der Waals surface area contributed by atoms with Crippen molar-refractivity contribution in [2.75, 3.05) is 13.9 Å². The van der Waals surface area contributed by atoms with Crippen molar-refractivity contribution < 1.29 is 23.7 Å². The Balaban J connectivity index is 2.29. The number of ether oxygens (including phenoxy) is 3. The van der Waals surface area contributed by atoms with Crippen LogP contribution in [0, 0.1) is 0 Å². The average molecular weight is 286 g/mol. The van der Waals surface area contributed by atoms with E-state index in [2.05, 4.69) is 0 Å². The number of aromatic hydroxyl groups is 1. The molecule has 0 bridgehead atoms. The maximum absolute atomic E-state index is 12.2. The van der Waals surface area contributed by atoms with Crippen LogP contribution < -0.4 is 19.8 Å². The molecule has 4 rings (SSSR count).